The fourth-order valence-corrected chi connectivity index (χ4v) is 3.28. The van der Waals surface area contributed by atoms with Crippen molar-refractivity contribution in [3.63, 3.8) is 0 Å². The molecule has 0 heterocycles. The lowest BCUT2D eigenvalue weighted by Crippen LogP contribution is -2.29. The summed E-state index contributed by atoms with van der Waals surface area (Å²) in [6.45, 7) is 3.97. The molecule has 1 unspecified atom stereocenters. The van der Waals surface area contributed by atoms with Crippen molar-refractivity contribution < 1.29 is 24.2 Å². The monoisotopic (exact) mass is 421 g/mol. The van der Waals surface area contributed by atoms with Gasteiger partial charge in [0.25, 0.3) is 0 Å². The van der Waals surface area contributed by atoms with Gasteiger partial charge in [-0.25, -0.2) is 4.79 Å². The molecule has 31 heavy (non-hydrogen) atoms. The topological polar surface area (TPSA) is 77.4 Å². The minimum Gasteiger partial charge on any atom is -0.496 e. The number of hydrogen-bond acceptors (Lipinski definition) is 5. The number of carboxylic acids is 1. The summed E-state index contributed by atoms with van der Waals surface area (Å²) in [5.41, 5.74) is 2.53. The van der Waals surface area contributed by atoms with Crippen molar-refractivity contribution in [1.82, 2.24) is 0 Å². The molecule has 0 aliphatic rings. The number of nitrogens with zero attached hydrogens (tertiary/aromatic N) is 1. The quantitative estimate of drug-likeness (QED) is 0.375. The third-order valence-electron chi connectivity index (χ3n) is 4.74. The van der Waals surface area contributed by atoms with Gasteiger partial charge in [0.2, 0.25) is 0 Å². The Bertz CT molecular complexity index is 1060. The van der Waals surface area contributed by atoms with Crippen molar-refractivity contribution in [2.75, 3.05) is 7.11 Å². The minimum absolute atomic E-state index is 0.177. The van der Waals surface area contributed by atoms with E-state index >= 15 is 0 Å². The van der Waals surface area contributed by atoms with Gasteiger partial charge in [0, 0.05) is 12.0 Å². The highest BCUT2D eigenvalue weighted by Crippen LogP contribution is 2.21. The molecular formula is C25H27NO5. The maximum Gasteiger partial charge on any atom is 0.333 e. The predicted octanol–water partition coefficient (Wildman–Crippen LogP) is 4.82. The van der Waals surface area contributed by atoms with Gasteiger partial charge < -0.3 is 19.4 Å². The van der Waals surface area contributed by atoms with E-state index < -0.39 is 12.1 Å². The zero-order chi connectivity index (χ0) is 22.2. The number of fused-ring (bicyclic) bond motifs is 1. The third kappa shape index (κ3) is 6.30. The van der Waals surface area contributed by atoms with Gasteiger partial charge in [-0.05, 0) is 53.9 Å². The molecule has 162 valence electrons. The van der Waals surface area contributed by atoms with E-state index in [4.69, 9.17) is 14.3 Å². The van der Waals surface area contributed by atoms with E-state index in [0.29, 0.717) is 17.9 Å². The molecule has 0 bridgehead atoms. The number of aliphatic carboxylic acids is 1. The summed E-state index contributed by atoms with van der Waals surface area (Å²) in [4.78, 5) is 17.0. The van der Waals surface area contributed by atoms with Gasteiger partial charge in [0.05, 0.1) is 19.4 Å². The summed E-state index contributed by atoms with van der Waals surface area (Å²) < 4.78 is 10.9. The van der Waals surface area contributed by atoms with Crippen LogP contribution in [-0.2, 0) is 27.4 Å². The minimum atomic E-state index is -0.988. The normalized spacial score (nSPS) is 12.4. The Hall–Kier alpha value is -3.38. The van der Waals surface area contributed by atoms with Gasteiger partial charge in [-0.2, -0.15) is 0 Å². The largest absolute Gasteiger partial charge is 0.496 e. The zero-order valence-corrected chi connectivity index (χ0v) is 17.9. The Morgan fingerprint density at radius 3 is 2.48 bits per heavy atom. The van der Waals surface area contributed by atoms with Crippen LogP contribution in [0, 0.1) is 0 Å². The van der Waals surface area contributed by atoms with Crippen LogP contribution < -0.4 is 4.74 Å². The predicted molar refractivity (Wildman–Crippen MR) is 121 cm³/mol. The standard InChI is InChI=1S/C25H27NO5/c1-17(2)31-24(25(27)28)14-18-9-11-23(29-3)22(12-18)15-26-30-16-19-8-10-20-6-4-5-7-21(20)13-19/h4-13,15,17,24H,14,16H2,1-3H3,(H,27,28). The van der Waals surface area contributed by atoms with Crippen LogP contribution in [0.15, 0.2) is 65.8 Å². The Kier molecular flexibility index (Phi) is 7.62. The number of benzene rings is 3. The van der Waals surface area contributed by atoms with Gasteiger partial charge in [-0.3, -0.25) is 0 Å². The summed E-state index contributed by atoms with van der Waals surface area (Å²) in [6, 6.07) is 19.7. The summed E-state index contributed by atoms with van der Waals surface area (Å²) in [5, 5.41) is 15.8. The van der Waals surface area contributed by atoms with E-state index in [1.807, 2.05) is 44.2 Å². The van der Waals surface area contributed by atoms with Crippen LogP contribution in [0.5, 0.6) is 5.75 Å². The van der Waals surface area contributed by atoms with Gasteiger partial charge >= 0.3 is 5.97 Å². The summed E-state index contributed by atoms with van der Waals surface area (Å²) in [5.74, 6) is -0.364. The molecule has 6 heteroatoms. The van der Waals surface area contributed by atoms with Crippen molar-refractivity contribution in [2.45, 2.75) is 39.1 Å². The van der Waals surface area contributed by atoms with Gasteiger partial charge in [-0.15, -0.1) is 0 Å². The van der Waals surface area contributed by atoms with E-state index in [1.165, 1.54) is 5.39 Å². The number of hydrogen-bond donors (Lipinski definition) is 1. The molecule has 0 fully saturated rings. The van der Waals surface area contributed by atoms with Crippen molar-refractivity contribution in [1.29, 1.82) is 0 Å². The molecule has 6 nitrogen and oxygen atoms in total. The number of oxime groups is 1. The lowest BCUT2D eigenvalue weighted by molar-refractivity contribution is -0.153. The number of rotatable bonds is 10. The van der Waals surface area contributed by atoms with Crippen LogP contribution in [0.2, 0.25) is 0 Å². The lowest BCUT2D eigenvalue weighted by atomic mass is 10.0. The highest BCUT2D eigenvalue weighted by atomic mass is 16.6. The van der Waals surface area contributed by atoms with E-state index in [0.717, 1.165) is 16.5 Å². The molecule has 1 atom stereocenters. The van der Waals surface area contributed by atoms with Crippen molar-refractivity contribution >= 4 is 23.0 Å². The Balaban J connectivity index is 1.68. The molecular weight excluding hydrogens is 394 g/mol. The molecule has 0 amide bonds. The van der Waals surface area contributed by atoms with Gasteiger partial charge in [-0.1, -0.05) is 47.6 Å². The third-order valence-corrected chi connectivity index (χ3v) is 4.74. The first-order valence-electron chi connectivity index (χ1n) is 10.1. The van der Waals surface area contributed by atoms with Crippen LogP contribution >= 0.6 is 0 Å². The molecule has 0 spiro atoms. The van der Waals surface area contributed by atoms with E-state index in [-0.39, 0.29) is 12.5 Å². The average molecular weight is 421 g/mol. The van der Waals surface area contributed by atoms with E-state index in [2.05, 4.69) is 29.4 Å². The molecule has 1 N–H and O–H groups in total. The molecule has 0 radical (unpaired) electrons. The molecule has 0 aliphatic carbocycles. The second-order valence-corrected chi connectivity index (χ2v) is 7.48. The number of carboxylic acid groups (broad SMARTS) is 1. The maximum atomic E-state index is 11.5. The molecule has 0 aromatic heterocycles. The summed E-state index contributed by atoms with van der Waals surface area (Å²) >= 11 is 0. The van der Waals surface area contributed by atoms with Crippen LogP contribution in [0.3, 0.4) is 0 Å². The van der Waals surface area contributed by atoms with Crippen molar-refractivity contribution in [3.05, 3.63) is 77.4 Å². The molecule has 3 aromatic carbocycles. The second-order valence-electron chi connectivity index (χ2n) is 7.48. The first-order valence-corrected chi connectivity index (χ1v) is 10.1. The zero-order valence-electron chi connectivity index (χ0n) is 17.9. The fourth-order valence-electron chi connectivity index (χ4n) is 3.28. The van der Waals surface area contributed by atoms with Crippen molar-refractivity contribution in [3.8, 4) is 5.75 Å². The van der Waals surface area contributed by atoms with Crippen LogP contribution in [0.4, 0.5) is 0 Å². The first kappa shape index (κ1) is 22.3. The lowest BCUT2D eigenvalue weighted by Gasteiger charge is -2.17. The summed E-state index contributed by atoms with van der Waals surface area (Å²) in [7, 11) is 1.57. The number of methoxy groups -OCH3 is 1. The fraction of sp³-hybridized carbons (Fsp3) is 0.280. The second kappa shape index (κ2) is 10.6. The van der Waals surface area contributed by atoms with Gasteiger partial charge in [0.15, 0.2) is 6.10 Å². The summed E-state index contributed by atoms with van der Waals surface area (Å²) in [6.07, 6.45) is 0.727. The molecule has 3 aromatic rings. The maximum absolute atomic E-state index is 11.5. The van der Waals surface area contributed by atoms with Crippen LogP contribution in [0.25, 0.3) is 10.8 Å². The van der Waals surface area contributed by atoms with Crippen LogP contribution in [0.1, 0.15) is 30.5 Å². The van der Waals surface area contributed by atoms with Crippen LogP contribution in [-0.4, -0.2) is 36.6 Å². The Morgan fingerprint density at radius 1 is 1.03 bits per heavy atom. The van der Waals surface area contributed by atoms with Gasteiger partial charge in [0.1, 0.15) is 12.4 Å². The molecule has 0 aliphatic heterocycles. The highest BCUT2D eigenvalue weighted by Gasteiger charge is 2.20. The smallest absolute Gasteiger partial charge is 0.333 e. The molecule has 3 rings (SSSR count). The first-order chi connectivity index (χ1) is 15.0. The highest BCUT2D eigenvalue weighted by molar-refractivity contribution is 5.84. The van der Waals surface area contributed by atoms with E-state index in [9.17, 15) is 9.90 Å². The van der Waals surface area contributed by atoms with Crippen molar-refractivity contribution in [2.24, 2.45) is 5.16 Å². The average Bonchev–Trinajstić information content (AvgIpc) is 2.76. The Labute approximate surface area is 182 Å². The Morgan fingerprint density at radius 2 is 1.77 bits per heavy atom. The molecule has 0 saturated carbocycles. The van der Waals surface area contributed by atoms with E-state index in [1.54, 1.807) is 19.4 Å². The SMILES string of the molecule is COc1ccc(CC(OC(C)C)C(=O)O)cc1C=NOCc1ccc2ccccc2c1. The number of ether oxygens (including phenoxy) is 2. The number of carbonyl (C=O) groups is 1. The molecule has 0 saturated heterocycles.